The maximum atomic E-state index is 5.87. The molecule has 2 atom stereocenters. The van der Waals surface area contributed by atoms with E-state index in [9.17, 15) is 0 Å². The summed E-state index contributed by atoms with van der Waals surface area (Å²) in [6, 6.07) is 4.68. The van der Waals surface area contributed by atoms with Crippen molar-refractivity contribution in [2.45, 2.75) is 39.8 Å². The van der Waals surface area contributed by atoms with Crippen LogP contribution in [0.1, 0.15) is 25.0 Å². The second kappa shape index (κ2) is 3.19. The molecule has 0 saturated heterocycles. The fourth-order valence-corrected chi connectivity index (χ4v) is 1.87. The largest absolute Gasteiger partial charge is 0.486 e. The first-order valence-electron chi connectivity index (χ1n) is 5.12. The lowest BCUT2D eigenvalue weighted by molar-refractivity contribution is 0.192. The Morgan fingerprint density at radius 1 is 1.21 bits per heavy atom. The summed E-state index contributed by atoms with van der Waals surface area (Å²) in [6.07, 6.45) is 0.240. The van der Waals surface area contributed by atoms with Crippen molar-refractivity contribution in [3.63, 3.8) is 0 Å². The van der Waals surface area contributed by atoms with E-state index in [0.717, 1.165) is 11.4 Å². The molecule has 1 N–H and O–H groups in total. The molecule has 1 aromatic carbocycles. The number of anilines is 1. The molecule has 2 rings (SSSR count). The molecule has 1 aliphatic heterocycles. The molecule has 1 aliphatic rings. The number of rotatable bonds is 0. The number of aryl methyl sites for hydroxylation is 2. The number of hydrogen-bond acceptors (Lipinski definition) is 2. The molecule has 2 unspecified atom stereocenters. The van der Waals surface area contributed by atoms with Gasteiger partial charge in [0.25, 0.3) is 0 Å². The van der Waals surface area contributed by atoms with E-state index in [4.69, 9.17) is 4.74 Å². The van der Waals surface area contributed by atoms with Gasteiger partial charge in [-0.2, -0.15) is 0 Å². The Labute approximate surface area is 85.3 Å². The monoisotopic (exact) mass is 191 g/mol. The van der Waals surface area contributed by atoms with Gasteiger partial charge in [0.1, 0.15) is 11.9 Å². The van der Waals surface area contributed by atoms with Crippen LogP contribution in [-0.2, 0) is 0 Å². The van der Waals surface area contributed by atoms with Crippen LogP contribution in [0.15, 0.2) is 12.1 Å². The molecular weight excluding hydrogens is 174 g/mol. The van der Waals surface area contributed by atoms with Crippen LogP contribution in [-0.4, -0.2) is 12.1 Å². The van der Waals surface area contributed by atoms with Gasteiger partial charge >= 0.3 is 0 Å². The van der Waals surface area contributed by atoms with Crippen LogP contribution < -0.4 is 10.1 Å². The van der Waals surface area contributed by atoms with E-state index in [1.54, 1.807) is 0 Å². The average molecular weight is 191 g/mol. The summed E-state index contributed by atoms with van der Waals surface area (Å²) in [5.74, 6) is 1.02. The van der Waals surface area contributed by atoms with Crippen LogP contribution in [0.4, 0.5) is 5.69 Å². The molecule has 0 radical (unpaired) electrons. The van der Waals surface area contributed by atoms with Crippen LogP contribution in [0.3, 0.4) is 0 Å². The molecule has 1 heterocycles. The third-order valence-electron chi connectivity index (χ3n) is 2.81. The summed E-state index contributed by atoms with van der Waals surface area (Å²) in [7, 11) is 0. The standard InChI is InChI=1S/C12H17NO/c1-7-5-8(2)12-11(6-7)13-9(3)10(4)14-12/h5-6,9-10,13H,1-4H3. The molecule has 14 heavy (non-hydrogen) atoms. The highest BCUT2D eigenvalue weighted by Gasteiger charge is 2.23. The van der Waals surface area contributed by atoms with Gasteiger partial charge < -0.3 is 10.1 Å². The summed E-state index contributed by atoms with van der Waals surface area (Å²) < 4.78 is 5.87. The van der Waals surface area contributed by atoms with Gasteiger partial charge in [-0.15, -0.1) is 0 Å². The molecular formula is C12H17NO. The minimum Gasteiger partial charge on any atom is -0.486 e. The third kappa shape index (κ3) is 1.45. The highest BCUT2D eigenvalue weighted by molar-refractivity contribution is 5.63. The van der Waals surface area contributed by atoms with Gasteiger partial charge in [0, 0.05) is 0 Å². The number of nitrogens with one attached hydrogen (secondary N) is 1. The van der Waals surface area contributed by atoms with E-state index in [2.05, 4.69) is 45.1 Å². The average Bonchev–Trinajstić information content (AvgIpc) is 2.08. The van der Waals surface area contributed by atoms with Crippen molar-refractivity contribution in [1.29, 1.82) is 0 Å². The Morgan fingerprint density at radius 3 is 2.64 bits per heavy atom. The van der Waals surface area contributed by atoms with E-state index in [0.29, 0.717) is 6.04 Å². The molecule has 1 aromatic rings. The van der Waals surface area contributed by atoms with Crippen LogP contribution in [0.25, 0.3) is 0 Å². The second-order valence-corrected chi connectivity index (χ2v) is 4.21. The zero-order chi connectivity index (χ0) is 10.3. The van der Waals surface area contributed by atoms with E-state index >= 15 is 0 Å². The van der Waals surface area contributed by atoms with E-state index in [1.807, 2.05) is 0 Å². The van der Waals surface area contributed by atoms with Crippen molar-refractivity contribution in [2.24, 2.45) is 0 Å². The quantitative estimate of drug-likeness (QED) is 0.680. The molecule has 0 fully saturated rings. The normalized spacial score (nSPS) is 24.9. The van der Waals surface area contributed by atoms with Crippen LogP contribution in [0.2, 0.25) is 0 Å². The van der Waals surface area contributed by atoms with E-state index in [-0.39, 0.29) is 6.10 Å². The predicted octanol–water partition coefficient (Wildman–Crippen LogP) is 2.88. The minimum absolute atomic E-state index is 0.240. The van der Waals surface area contributed by atoms with Crippen molar-refractivity contribution in [1.82, 2.24) is 0 Å². The van der Waals surface area contributed by atoms with Gasteiger partial charge in [-0.3, -0.25) is 0 Å². The third-order valence-corrected chi connectivity index (χ3v) is 2.81. The maximum absolute atomic E-state index is 5.87. The summed E-state index contributed by atoms with van der Waals surface area (Å²) in [5, 5.41) is 3.47. The van der Waals surface area contributed by atoms with Crippen molar-refractivity contribution < 1.29 is 4.74 Å². The Bertz CT molecular complexity index is 360. The summed E-state index contributed by atoms with van der Waals surface area (Å²) >= 11 is 0. The van der Waals surface area contributed by atoms with Gasteiger partial charge in [-0.1, -0.05) is 6.07 Å². The maximum Gasteiger partial charge on any atom is 0.145 e. The van der Waals surface area contributed by atoms with Crippen molar-refractivity contribution >= 4 is 5.69 Å². The lowest BCUT2D eigenvalue weighted by atomic mass is 10.1. The molecule has 2 heteroatoms. The van der Waals surface area contributed by atoms with E-state index in [1.165, 1.54) is 11.1 Å². The molecule has 0 aliphatic carbocycles. The van der Waals surface area contributed by atoms with Gasteiger partial charge in [-0.05, 0) is 44.9 Å². The van der Waals surface area contributed by atoms with Crippen molar-refractivity contribution in [3.05, 3.63) is 23.3 Å². The fraction of sp³-hybridized carbons (Fsp3) is 0.500. The topological polar surface area (TPSA) is 21.3 Å². The lowest BCUT2D eigenvalue weighted by Gasteiger charge is -2.32. The van der Waals surface area contributed by atoms with Gasteiger partial charge in [-0.25, -0.2) is 0 Å². The van der Waals surface area contributed by atoms with Crippen LogP contribution in [0, 0.1) is 13.8 Å². The number of ether oxygens (including phenoxy) is 1. The molecule has 0 saturated carbocycles. The zero-order valence-corrected chi connectivity index (χ0v) is 9.22. The molecule has 0 bridgehead atoms. The summed E-state index contributed by atoms with van der Waals surface area (Å²) in [4.78, 5) is 0. The number of fused-ring (bicyclic) bond motifs is 1. The van der Waals surface area contributed by atoms with Crippen molar-refractivity contribution in [2.75, 3.05) is 5.32 Å². The molecule has 76 valence electrons. The first kappa shape index (κ1) is 9.38. The minimum atomic E-state index is 0.240. The van der Waals surface area contributed by atoms with Gasteiger partial charge in [0.15, 0.2) is 0 Å². The Hall–Kier alpha value is -1.18. The first-order valence-corrected chi connectivity index (χ1v) is 5.12. The van der Waals surface area contributed by atoms with Crippen LogP contribution >= 0.6 is 0 Å². The van der Waals surface area contributed by atoms with Gasteiger partial charge in [0.05, 0.1) is 11.7 Å². The zero-order valence-electron chi connectivity index (χ0n) is 9.22. The Balaban J connectivity index is 2.46. The second-order valence-electron chi connectivity index (χ2n) is 4.21. The lowest BCUT2D eigenvalue weighted by Crippen LogP contribution is -2.37. The highest BCUT2D eigenvalue weighted by Crippen LogP contribution is 2.35. The van der Waals surface area contributed by atoms with Crippen molar-refractivity contribution in [3.8, 4) is 5.75 Å². The molecule has 0 spiro atoms. The van der Waals surface area contributed by atoms with Gasteiger partial charge in [0.2, 0.25) is 0 Å². The summed E-state index contributed by atoms with van der Waals surface area (Å²) in [5.41, 5.74) is 3.62. The predicted molar refractivity (Wildman–Crippen MR) is 59.1 cm³/mol. The summed E-state index contributed by atoms with van der Waals surface area (Å²) in [6.45, 7) is 8.44. The molecule has 0 amide bonds. The fourth-order valence-electron chi connectivity index (χ4n) is 1.87. The number of hydrogen-bond donors (Lipinski definition) is 1. The SMILES string of the molecule is Cc1cc(C)c2c(c1)NC(C)C(C)O2. The Morgan fingerprint density at radius 2 is 1.93 bits per heavy atom. The van der Waals surface area contributed by atoms with E-state index < -0.39 is 0 Å². The molecule has 0 aromatic heterocycles. The number of benzene rings is 1. The van der Waals surface area contributed by atoms with Crippen LogP contribution in [0.5, 0.6) is 5.75 Å². The Kier molecular flexibility index (Phi) is 2.14. The smallest absolute Gasteiger partial charge is 0.145 e. The molecule has 2 nitrogen and oxygen atoms in total. The highest BCUT2D eigenvalue weighted by atomic mass is 16.5. The first-order chi connectivity index (χ1) is 6.58.